The van der Waals surface area contributed by atoms with E-state index in [9.17, 15) is 119 Å². The van der Waals surface area contributed by atoms with E-state index in [-0.39, 0.29) is 81.8 Å². The van der Waals surface area contributed by atoms with E-state index in [0.29, 0.717) is 63.5 Å². The number of nitrogens with one attached hydrogen (secondary N) is 4. The number of carboxylic acid groups (broad SMARTS) is 2. The number of carboxylic acids is 2. The Hall–Kier alpha value is 0.450. The molecule has 4 bridgehead atoms. The summed E-state index contributed by atoms with van der Waals surface area (Å²) in [5.41, 5.74) is -1.55. The molecule has 576 valence electrons. The van der Waals surface area contributed by atoms with Gasteiger partial charge in [-0.2, -0.15) is 8.78 Å². The van der Waals surface area contributed by atoms with E-state index in [4.69, 9.17) is 9.47 Å². The van der Waals surface area contributed by atoms with Gasteiger partial charge in [-0.1, -0.05) is 0 Å². The number of esters is 2. The monoisotopic (exact) mass is 3000 g/mol. The molecule has 0 spiro atoms. The molecule has 2 unspecified atom stereocenters. The van der Waals surface area contributed by atoms with Crippen LogP contribution in [0.3, 0.4) is 0 Å². The van der Waals surface area contributed by atoms with Gasteiger partial charge >= 0.3 is 29.1 Å². The zero-order chi connectivity index (χ0) is 79.9. The summed E-state index contributed by atoms with van der Waals surface area (Å²) in [6.45, 7) is -2.98. The Morgan fingerprint density at radius 2 is 0.952 bits per heavy atom. The predicted molar refractivity (Wildman–Crippen MR) is 474 cm³/mol. The predicted octanol–water partition coefficient (Wildman–Crippen LogP) is 10.7. The topological polar surface area (TPSA) is 513 Å². The molecule has 5 aromatic rings. The second kappa shape index (κ2) is 39.9. The Labute approximate surface area is 773 Å². The molecule has 0 aliphatic heterocycles. The summed E-state index contributed by atoms with van der Waals surface area (Å²) in [6, 6.07) is 10.3. The maximum Gasteiger partial charge on any atom is 0.367 e. The van der Waals surface area contributed by atoms with Gasteiger partial charge in [-0.15, -0.1) is 0 Å². The van der Waals surface area contributed by atoms with Gasteiger partial charge < -0.3 is 69.4 Å². The van der Waals surface area contributed by atoms with Crippen molar-refractivity contribution in [2.75, 3.05) is 48.9 Å². The first-order valence-electron chi connectivity index (χ1n) is 28.1. The molecule has 2 atom stereocenters. The van der Waals surface area contributed by atoms with Crippen LogP contribution in [0.4, 0.5) is 14.5 Å². The van der Waals surface area contributed by atoms with E-state index in [1.54, 1.807) is 12.1 Å². The number of hydrogen-bond acceptors (Lipinski definition) is 24. The Morgan fingerprint density at radius 1 is 0.514 bits per heavy atom. The van der Waals surface area contributed by atoms with Gasteiger partial charge in [0.1, 0.15) is 18.1 Å². The molecule has 4 fully saturated rings. The highest BCUT2D eigenvalue weighted by Crippen LogP contribution is 2.62. The fraction of sp³-hybridized carbons (Fsp3) is 0.321. The molecule has 4 amide bonds. The summed E-state index contributed by atoms with van der Waals surface area (Å²) in [7, 11) is -19.2. The zero-order valence-electron chi connectivity index (χ0n) is 51.5. The zero-order valence-corrected chi connectivity index (χ0v) is 82.8. The van der Waals surface area contributed by atoms with Crippen LogP contribution in [0.1, 0.15) is 111 Å². The van der Waals surface area contributed by atoms with Crippen LogP contribution in [-0.4, -0.2) is 174 Å². The van der Waals surface area contributed by atoms with Crippen molar-refractivity contribution in [1.29, 1.82) is 0 Å². The average molecular weight is 3000 g/mol. The lowest BCUT2D eigenvalue weighted by Gasteiger charge is -2.60. The lowest BCUT2D eigenvalue weighted by Crippen LogP contribution is -2.65. The number of alkyl halides is 2. The first-order valence-corrected chi connectivity index (χ1v) is 48.3. The first-order chi connectivity index (χ1) is 48.1. The Kier molecular flexibility index (Phi) is 36.5. The summed E-state index contributed by atoms with van der Waals surface area (Å²) in [5, 5.41) is 44.4. The number of amides is 4. The molecule has 30 nitrogen and oxygen atoms in total. The van der Waals surface area contributed by atoms with Crippen LogP contribution < -0.4 is 21.3 Å². The molecular weight excluding hydrogens is 2960 g/mol. The number of phenolic OH excluding ortho intramolecular Hbond substituents is 2. The van der Waals surface area contributed by atoms with Crippen LogP contribution in [-0.2, 0) is 54.7 Å². The average Bonchev–Trinajstić information content (AvgIpc) is 0.714. The van der Waals surface area contributed by atoms with Crippen LogP contribution in [0.25, 0.3) is 0 Å². The highest BCUT2D eigenvalue weighted by Gasteiger charge is 2.62. The largest absolute Gasteiger partial charge is 0.748 e. The molecule has 4 saturated carbocycles. The smallest absolute Gasteiger partial charge is 0.367 e. The van der Waals surface area contributed by atoms with Gasteiger partial charge in [0.05, 0.1) is 103 Å². The highest BCUT2D eigenvalue weighted by molar-refractivity contribution is 14.1. The fourth-order valence-electron chi connectivity index (χ4n) is 10.9. The van der Waals surface area contributed by atoms with E-state index in [0.717, 1.165) is 20.7 Å². The number of phenols is 2. The molecule has 0 aromatic heterocycles. The first kappa shape index (κ1) is 96.0. The molecular formula is C56H43F2I13N4O26S4-4. The van der Waals surface area contributed by atoms with E-state index >= 15 is 0 Å². The molecule has 4 aliphatic carbocycles. The van der Waals surface area contributed by atoms with Crippen molar-refractivity contribution >= 4 is 387 Å². The number of carbonyl (C=O) groups excluding carboxylic acids is 6. The standard InChI is InChI=1S/C21H19F2I4NO8S.C17H11I4NO8S.C9H8I3NO5S.C9H9I2NO5S/c22-21(23,37(33,34)35)7-36-18(32)19-2-8-1-9(3-19)5-20(4-8,6-19)28-16(29)10-11(17(30)31)13(25)15(27)14(26)12(10)24;18-11-9(10(16(24)25)12(19)14(21)13(11)20)15(23)22-8-3-1-7(2-4-8)17(26)30-5-6-31(27,28)29;10-4-3-5(11)8(14)7(12)6(4)9(15)13-1-2-19(16,17)18;10-5-3-6(8(13)7(11)4-5)9(14)12-1-2-18(15,16)17/h8-9H,1-7H2,(H,28,29)(H,30,31)(H,33,34,35);1-4H,5-6H2,(H,22,23)(H,24,25)(H,27,28,29);3,14H,1-2H2,(H,13,15)(H,16,17,18);3-4,13H,1-2H2,(H,12,14)(H,15,16,17)/p-4. The number of rotatable bonds is 22. The third-order valence-electron chi connectivity index (χ3n) is 14.9. The number of benzene rings is 5. The number of anilines is 1. The minimum atomic E-state index is -6.01. The van der Waals surface area contributed by atoms with Crippen molar-refractivity contribution in [3.8, 4) is 11.5 Å². The number of ether oxygens (including phenoxy) is 2. The molecule has 5 aromatic carbocycles. The van der Waals surface area contributed by atoms with Crippen molar-refractivity contribution in [3.05, 3.63) is 128 Å². The van der Waals surface area contributed by atoms with E-state index in [1.807, 2.05) is 248 Å². The molecule has 9 rings (SSSR count). The lowest BCUT2D eigenvalue weighted by molar-refractivity contribution is -0.179. The molecule has 49 heteroatoms. The Bertz CT molecular complexity index is 4830. The molecule has 105 heavy (non-hydrogen) atoms. The van der Waals surface area contributed by atoms with Crippen LogP contribution in [0.5, 0.6) is 11.5 Å². The summed E-state index contributed by atoms with van der Waals surface area (Å²) in [5.74, 6) is -9.02. The highest BCUT2D eigenvalue weighted by atomic mass is 127. The third kappa shape index (κ3) is 26.5. The maximum atomic E-state index is 13.6. The molecule has 0 heterocycles. The van der Waals surface area contributed by atoms with Gasteiger partial charge in [0, 0.05) is 60.0 Å². The maximum absolute atomic E-state index is 13.6. The number of aromatic carboxylic acids is 2. The van der Waals surface area contributed by atoms with Crippen LogP contribution in [0.15, 0.2) is 42.5 Å². The number of hydrogen-bond donors (Lipinski definition) is 8. The van der Waals surface area contributed by atoms with Crippen molar-refractivity contribution in [2.45, 2.75) is 49.3 Å². The fourth-order valence-corrected chi connectivity index (χ4v) is 25.1. The number of carbonyl (C=O) groups is 8. The van der Waals surface area contributed by atoms with Gasteiger partial charge in [-0.05, 0) is 387 Å². The van der Waals surface area contributed by atoms with Crippen LogP contribution in [0, 0.1) is 63.7 Å². The van der Waals surface area contributed by atoms with Crippen LogP contribution in [0.2, 0.25) is 0 Å². The minimum absolute atomic E-state index is 0.00297. The van der Waals surface area contributed by atoms with E-state index in [2.05, 4.69) is 66.4 Å². The van der Waals surface area contributed by atoms with Crippen molar-refractivity contribution in [1.82, 2.24) is 16.0 Å². The van der Waals surface area contributed by atoms with Gasteiger partial charge in [0.2, 0.25) is 0 Å². The molecule has 4 aliphatic rings. The van der Waals surface area contributed by atoms with Gasteiger partial charge in [0.15, 0.2) is 16.7 Å². The second-order valence-corrected chi connectivity index (χ2v) is 42.9. The van der Waals surface area contributed by atoms with Gasteiger partial charge in [-0.25, -0.2) is 48.1 Å². The minimum Gasteiger partial charge on any atom is -0.748 e. The normalized spacial score (nSPS) is 17.4. The lowest BCUT2D eigenvalue weighted by atomic mass is 9.47. The van der Waals surface area contributed by atoms with E-state index < -0.39 is 135 Å². The Morgan fingerprint density at radius 3 is 1.40 bits per heavy atom. The summed E-state index contributed by atoms with van der Waals surface area (Å²) < 4.78 is 171. The summed E-state index contributed by atoms with van der Waals surface area (Å²) in [6.07, 6.45) is 2.62. The summed E-state index contributed by atoms with van der Waals surface area (Å²) in [4.78, 5) is 98.9. The van der Waals surface area contributed by atoms with Crippen molar-refractivity contribution in [3.63, 3.8) is 0 Å². The quantitative estimate of drug-likeness (QED) is 0.0105. The molecule has 0 radical (unpaired) electrons. The van der Waals surface area contributed by atoms with E-state index in [1.165, 1.54) is 30.3 Å². The third-order valence-corrected chi connectivity index (χ3v) is 36.8. The van der Waals surface area contributed by atoms with Crippen molar-refractivity contribution in [2.24, 2.45) is 17.3 Å². The van der Waals surface area contributed by atoms with Gasteiger partial charge in [0.25, 0.3) is 23.6 Å². The van der Waals surface area contributed by atoms with Gasteiger partial charge in [-0.3, -0.25) is 24.0 Å². The summed E-state index contributed by atoms with van der Waals surface area (Å²) >= 11 is 25.4. The SMILES string of the molecule is O=C(NCCS(=O)(=O)[O-])c1c(I)cc(I)c(O)c1I.O=C(NCCS(=O)(=O)[O-])c1cc(I)cc(I)c1O.O=C(O)c1c(I)c(I)c(I)c(I)c1C(=O)NC12CC3CC(C1)CC(C(=O)OCC(F)(F)S(=O)(=O)[O-])(C3)C2.O=C(OCCS(=O)(=O)[O-])c1ccc(NC(=O)c2c(I)c(I)c(I)c(I)c2C(=O)O)cc1. The molecule has 0 saturated heterocycles. The van der Waals surface area contributed by atoms with Crippen LogP contribution >= 0.6 is 294 Å². The number of halogens is 15. The second-order valence-electron chi connectivity index (χ2n) is 22.4. The molecule has 8 N–H and O–H groups in total. The van der Waals surface area contributed by atoms with Crippen molar-refractivity contribution < 1.29 is 129 Å². The number of aromatic hydroxyl groups is 2. The Balaban J connectivity index is 0.000000263.